The van der Waals surface area contributed by atoms with Crippen molar-refractivity contribution in [3.05, 3.63) is 42.5 Å². The summed E-state index contributed by atoms with van der Waals surface area (Å²) in [5, 5.41) is 22.9. The normalized spacial score (nSPS) is 9.95. The van der Waals surface area contributed by atoms with Gasteiger partial charge < -0.3 is 20.5 Å². The first-order valence-corrected chi connectivity index (χ1v) is 6.91. The molecule has 0 radical (unpaired) electrons. The lowest BCUT2D eigenvalue weighted by atomic mass is 10.3. The van der Waals surface area contributed by atoms with E-state index in [0.717, 1.165) is 0 Å². The third-order valence-electron chi connectivity index (χ3n) is 2.47. The van der Waals surface area contributed by atoms with Crippen molar-refractivity contribution >= 4 is 23.1 Å². The first-order valence-electron chi connectivity index (χ1n) is 6.50. The Morgan fingerprint density at radius 1 is 1.14 bits per heavy atom. The van der Waals surface area contributed by atoms with Gasteiger partial charge in [-0.15, -0.1) is 10.2 Å². The predicted molar refractivity (Wildman–Crippen MR) is 84.5 cm³/mol. The van der Waals surface area contributed by atoms with E-state index in [1.54, 1.807) is 12.1 Å². The van der Waals surface area contributed by atoms with Crippen LogP contribution < -0.4 is 15.4 Å². The van der Waals surface area contributed by atoms with Crippen LogP contribution in [0.5, 0.6) is 11.6 Å². The van der Waals surface area contributed by atoms with Crippen LogP contribution in [0.4, 0.5) is 5.82 Å². The number of nitrogens with one attached hydrogen (secondary N) is 2. The highest BCUT2D eigenvalue weighted by Gasteiger charge is 2.02. The summed E-state index contributed by atoms with van der Waals surface area (Å²) in [7, 11) is 0. The van der Waals surface area contributed by atoms with Crippen molar-refractivity contribution in [2.75, 3.05) is 18.5 Å². The topological polar surface area (TPSA) is 79.3 Å². The van der Waals surface area contributed by atoms with E-state index in [1.165, 1.54) is 0 Å². The maximum absolute atomic E-state index is 8.68. The van der Waals surface area contributed by atoms with E-state index in [9.17, 15) is 0 Å². The number of aromatic nitrogens is 2. The molecule has 1 aromatic heterocycles. The number of para-hydroxylation sites is 1. The lowest BCUT2D eigenvalue weighted by Gasteiger charge is -2.09. The zero-order valence-electron chi connectivity index (χ0n) is 11.3. The smallest absolute Gasteiger partial charge is 0.238 e. The Hall–Kier alpha value is -2.25. The van der Waals surface area contributed by atoms with Crippen LogP contribution in [-0.4, -0.2) is 33.6 Å². The predicted octanol–water partition coefficient (Wildman–Crippen LogP) is 1.94. The van der Waals surface area contributed by atoms with Gasteiger partial charge >= 0.3 is 0 Å². The van der Waals surface area contributed by atoms with Gasteiger partial charge in [0.15, 0.2) is 10.9 Å². The minimum absolute atomic E-state index is 0.126. The van der Waals surface area contributed by atoms with E-state index in [4.69, 9.17) is 22.1 Å². The van der Waals surface area contributed by atoms with Crippen LogP contribution in [0.2, 0.25) is 0 Å². The van der Waals surface area contributed by atoms with E-state index < -0.39 is 0 Å². The van der Waals surface area contributed by atoms with Crippen LogP contribution >= 0.6 is 12.2 Å². The molecule has 110 valence electrons. The maximum atomic E-state index is 8.68. The number of hydrogen-bond donors (Lipinski definition) is 3. The molecule has 0 saturated carbocycles. The third kappa shape index (κ3) is 5.33. The fourth-order valence-corrected chi connectivity index (χ4v) is 1.70. The molecule has 0 aliphatic rings. The zero-order chi connectivity index (χ0) is 14.9. The SMILES string of the molecule is OCCCNC(=S)Nc1ccc(Oc2ccccc2)nn1. The molecule has 0 spiro atoms. The second kappa shape index (κ2) is 8.13. The molecule has 0 atom stereocenters. The van der Waals surface area contributed by atoms with E-state index >= 15 is 0 Å². The van der Waals surface area contributed by atoms with Crippen LogP contribution in [0.1, 0.15) is 6.42 Å². The summed E-state index contributed by atoms with van der Waals surface area (Å²) < 4.78 is 5.54. The highest BCUT2D eigenvalue weighted by molar-refractivity contribution is 7.80. The molecule has 0 amide bonds. The molecule has 0 unspecified atom stereocenters. The maximum Gasteiger partial charge on any atom is 0.238 e. The van der Waals surface area contributed by atoms with Crippen molar-refractivity contribution in [1.29, 1.82) is 0 Å². The molecule has 2 rings (SSSR count). The minimum Gasteiger partial charge on any atom is -0.438 e. The molecule has 0 fully saturated rings. The summed E-state index contributed by atoms with van der Waals surface area (Å²) in [6.45, 7) is 0.728. The first kappa shape index (κ1) is 15.1. The summed E-state index contributed by atoms with van der Waals surface area (Å²) in [6, 6.07) is 12.8. The second-order valence-corrected chi connectivity index (χ2v) is 4.54. The van der Waals surface area contributed by atoms with Gasteiger partial charge in [0.05, 0.1) is 0 Å². The van der Waals surface area contributed by atoms with Gasteiger partial charge in [0.1, 0.15) is 5.75 Å². The molecular formula is C14H16N4O2S. The molecule has 7 heteroatoms. The van der Waals surface area contributed by atoms with Crippen LogP contribution in [0.15, 0.2) is 42.5 Å². The van der Waals surface area contributed by atoms with E-state index in [2.05, 4.69) is 20.8 Å². The highest BCUT2D eigenvalue weighted by Crippen LogP contribution is 2.18. The molecule has 0 saturated heterocycles. The monoisotopic (exact) mass is 304 g/mol. The quantitative estimate of drug-likeness (QED) is 0.556. The van der Waals surface area contributed by atoms with E-state index in [0.29, 0.717) is 35.5 Å². The second-order valence-electron chi connectivity index (χ2n) is 4.13. The number of benzene rings is 1. The van der Waals surface area contributed by atoms with Gasteiger partial charge in [0, 0.05) is 19.2 Å². The number of aliphatic hydroxyl groups is 1. The Morgan fingerprint density at radius 2 is 1.95 bits per heavy atom. The summed E-state index contributed by atoms with van der Waals surface area (Å²) >= 11 is 5.08. The molecule has 1 heterocycles. The van der Waals surface area contributed by atoms with Crippen molar-refractivity contribution in [3.63, 3.8) is 0 Å². The Labute approximate surface area is 128 Å². The van der Waals surface area contributed by atoms with Crippen LogP contribution in [0.25, 0.3) is 0 Å². The van der Waals surface area contributed by atoms with Crippen molar-refractivity contribution < 1.29 is 9.84 Å². The summed E-state index contributed by atoms with van der Waals surface area (Å²) in [5.41, 5.74) is 0. The van der Waals surface area contributed by atoms with Gasteiger partial charge in [-0.05, 0) is 36.8 Å². The molecule has 1 aromatic carbocycles. The fourth-order valence-electron chi connectivity index (χ4n) is 1.49. The van der Waals surface area contributed by atoms with Gasteiger partial charge in [0.25, 0.3) is 0 Å². The van der Waals surface area contributed by atoms with Crippen molar-refractivity contribution in [2.45, 2.75) is 6.42 Å². The third-order valence-corrected chi connectivity index (χ3v) is 2.71. The summed E-state index contributed by atoms with van der Waals surface area (Å²) in [5.74, 6) is 1.64. The van der Waals surface area contributed by atoms with E-state index in [1.807, 2.05) is 30.3 Å². The summed E-state index contributed by atoms with van der Waals surface area (Å²) in [4.78, 5) is 0. The molecular weight excluding hydrogens is 288 g/mol. The average Bonchev–Trinajstić information content (AvgIpc) is 2.51. The average molecular weight is 304 g/mol. The Bertz CT molecular complexity index is 563. The molecule has 3 N–H and O–H groups in total. The number of hydrogen-bond acceptors (Lipinski definition) is 5. The van der Waals surface area contributed by atoms with Crippen LogP contribution in [0, 0.1) is 0 Å². The highest BCUT2D eigenvalue weighted by atomic mass is 32.1. The van der Waals surface area contributed by atoms with Crippen LogP contribution in [-0.2, 0) is 0 Å². The van der Waals surface area contributed by atoms with Crippen molar-refractivity contribution in [1.82, 2.24) is 15.5 Å². The molecule has 0 bridgehead atoms. The zero-order valence-corrected chi connectivity index (χ0v) is 12.1. The first-order chi connectivity index (χ1) is 10.3. The van der Waals surface area contributed by atoms with Crippen LogP contribution in [0.3, 0.4) is 0 Å². The summed E-state index contributed by atoms with van der Waals surface area (Å²) in [6.07, 6.45) is 0.636. The minimum atomic E-state index is 0.126. The van der Waals surface area contributed by atoms with Crippen molar-refractivity contribution in [3.8, 4) is 11.6 Å². The number of rotatable bonds is 6. The number of thiocarbonyl (C=S) groups is 1. The van der Waals surface area contributed by atoms with Gasteiger partial charge in [-0.1, -0.05) is 18.2 Å². The Balaban J connectivity index is 1.85. The number of ether oxygens (including phenoxy) is 1. The Morgan fingerprint density at radius 3 is 2.62 bits per heavy atom. The molecule has 6 nitrogen and oxygen atoms in total. The number of nitrogens with zero attached hydrogens (tertiary/aromatic N) is 2. The number of anilines is 1. The molecule has 0 aliphatic carbocycles. The standard InChI is InChI=1S/C14H16N4O2S/c19-10-4-9-15-14(21)16-12-7-8-13(18-17-12)20-11-5-2-1-3-6-11/h1-3,5-8,19H,4,9-10H2,(H2,15,16,17,21). The van der Waals surface area contributed by atoms with Gasteiger partial charge in [-0.2, -0.15) is 0 Å². The number of aliphatic hydroxyl groups excluding tert-OH is 1. The molecule has 2 aromatic rings. The molecule has 21 heavy (non-hydrogen) atoms. The van der Waals surface area contributed by atoms with Gasteiger partial charge in [0.2, 0.25) is 5.88 Å². The van der Waals surface area contributed by atoms with Gasteiger partial charge in [-0.25, -0.2) is 0 Å². The lowest BCUT2D eigenvalue weighted by molar-refractivity contribution is 0.289. The lowest BCUT2D eigenvalue weighted by Crippen LogP contribution is -2.30. The molecule has 0 aliphatic heterocycles. The largest absolute Gasteiger partial charge is 0.438 e. The van der Waals surface area contributed by atoms with Gasteiger partial charge in [-0.3, -0.25) is 0 Å². The van der Waals surface area contributed by atoms with Crippen molar-refractivity contribution in [2.24, 2.45) is 0 Å². The Kier molecular flexibility index (Phi) is 5.86. The fraction of sp³-hybridized carbons (Fsp3) is 0.214. The van der Waals surface area contributed by atoms with E-state index in [-0.39, 0.29) is 6.61 Å².